The topological polar surface area (TPSA) is 67.8 Å². The summed E-state index contributed by atoms with van der Waals surface area (Å²) in [6.07, 6.45) is 4.10. The molecular formula is C24H42N2O4+2. The van der Waals surface area contributed by atoms with Gasteiger partial charge in [-0.1, -0.05) is 13.8 Å². The molecule has 170 valence electrons. The number of rotatable bonds is 10. The summed E-state index contributed by atoms with van der Waals surface area (Å²) in [5.41, 5.74) is 0. The van der Waals surface area contributed by atoms with Crippen LogP contribution in [0, 0.1) is 11.8 Å². The number of hydrogen-bond acceptors (Lipinski definition) is 4. The molecule has 2 atom stereocenters. The Hall–Kier alpha value is -1.34. The zero-order chi connectivity index (χ0) is 21.3. The van der Waals surface area contributed by atoms with Gasteiger partial charge >= 0.3 is 0 Å². The smallest absolute Gasteiger partial charge is 0.137 e. The Morgan fingerprint density at radius 2 is 1.07 bits per heavy atom. The first-order valence-electron chi connectivity index (χ1n) is 11.9. The first-order valence-corrected chi connectivity index (χ1v) is 11.9. The highest BCUT2D eigenvalue weighted by molar-refractivity contribution is 5.31. The number of hydrogen-bond donors (Lipinski definition) is 4. The molecule has 1 aromatic rings. The van der Waals surface area contributed by atoms with E-state index in [4.69, 9.17) is 9.47 Å². The Bertz CT molecular complexity index is 543. The number of piperidine rings is 2. The van der Waals surface area contributed by atoms with Gasteiger partial charge in [0.1, 0.15) is 50.0 Å². The average molecular weight is 423 g/mol. The average Bonchev–Trinajstić information content (AvgIpc) is 2.75. The molecule has 0 aromatic heterocycles. The van der Waals surface area contributed by atoms with Crippen molar-refractivity contribution in [3.63, 3.8) is 0 Å². The molecule has 2 heterocycles. The van der Waals surface area contributed by atoms with Crippen molar-refractivity contribution in [1.29, 1.82) is 0 Å². The lowest BCUT2D eigenvalue weighted by Gasteiger charge is -2.28. The third-order valence-corrected chi connectivity index (χ3v) is 6.72. The maximum Gasteiger partial charge on any atom is 0.137 e. The van der Waals surface area contributed by atoms with E-state index >= 15 is 0 Å². The van der Waals surface area contributed by atoms with Crippen LogP contribution in [0.5, 0.6) is 11.5 Å². The molecule has 0 radical (unpaired) electrons. The van der Waals surface area contributed by atoms with E-state index in [9.17, 15) is 10.2 Å². The normalized spacial score (nSPS) is 29.2. The number of aliphatic hydroxyl groups excluding tert-OH is 2. The lowest BCUT2D eigenvalue weighted by Crippen LogP contribution is -3.14. The van der Waals surface area contributed by atoms with Crippen LogP contribution < -0.4 is 19.3 Å². The summed E-state index contributed by atoms with van der Waals surface area (Å²) in [6, 6.07) is 7.45. The van der Waals surface area contributed by atoms with Gasteiger partial charge in [0.25, 0.3) is 0 Å². The predicted octanol–water partition coefficient (Wildman–Crippen LogP) is -0.204. The van der Waals surface area contributed by atoms with Crippen molar-refractivity contribution in [2.24, 2.45) is 11.8 Å². The molecule has 2 aliphatic heterocycles. The van der Waals surface area contributed by atoms with Crippen molar-refractivity contribution in [2.45, 2.75) is 51.7 Å². The summed E-state index contributed by atoms with van der Waals surface area (Å²) in [5, 5.41) is 20.6. The predicted molar refractivity (Wildman–Crippen MR) is 117 cm³/mol. The molecule has 30 heavy (non-hydrogen) atoms. The van der Waals surface area contributed by atoms with Gasteiger partial charge in [0, 0.05) is 0 Å². The Balaban J connectivity index is 1.31. The van der Waals surface area contributed by atoms with Crippen LogP contribution in [-0.2, 0) is 0 Å². The van der Waals surface area contributed by atoms with Crippen LogP contribution in [0.2, 0.25) is 0 Å². The van der Waals surface area contributed by atoms with E-state index in [1.165, 1.54) is 35.5 Å². The largest absolute Gasteiger partial charge is 0.491 e. The first-order chi connectivity index (χ1) is 14.5. The molecule has 2 aliphatic rings. The maximum atomic E-state index is 10.3. The Morgan fingerprint density at radius 1 is 0.733 bits per heavy atom. The molecule has 1 aromatic carbocycles. The standard InChI is InChI=1S/C24H40N2O4/c1-19-7-11-25(12-8-19)15-21(27)17-29-23-3-5-24(6-4-23)30-18-22(28)16-26-13-9-20(2)10-14-26/h3-6,19-22,27-28H,7-18H2,1-2H3/p+2/t21-,22-/m1/s1. The SMILES string of the molecule is CC1CC[NH+](C[C@@H](O)COc2ccc(OC[C@H](O)C[NH+]3CCC(C)CC3)cc2)CC1. The van der Waals surface area contributed by atoms with E-state index in [0.717, 1.165) is 62.6 Å². The van der Waals surface area contributed by atoms with Crippen LogP contribution >= 0.6 is 0 Å². The van der Waals surface area contributed by atoms with Crippen molar-refractivity contribution in [2.75, 3.05) is 52.5 Å². The van der Waals surface area contributed by atoms with Gasteiger partial charge in [0.05, 0.1) is 26.2 Å². The van der Waals surface area contributed by atoms with Gasteiger partial charge in [-0.15, -0.1) is 0 Å². The molecular weight excluding hydrogens is 380 g/mol. The van der Waals surface area contributed by atoms with Gasteiger partial charge in [0.15, 0.2) is 0 Å². The van der Waals surface area contributed by atoms with E-state index in [-0.39, 0.29) is 0 Å². The monoisotopic (exact) mass is 422 g/mol. The molecule has 6 heteroatoms. The lowest BCUT2D eigenvalue weighted by atomic mass is 9.99. The van der Waals surface area contributed by atoms with Crippen molar-refractivity contribution in [3.05, 3.63) is 24.3 Å². The van der Waals surface area contributed by atoms with E-state index < -0.39 is 12.2 Å². The van der Waals surface area contributed by atoms with Gasteiger partial charge in [-0.25, -0.2) is 0 Å². The number of benzene rings is 1. The Labute approximate surface area is 181 Å². The summed E-state index contributed by atoms with van der Waals surface area (Å²) < 4.78 is 11.5. The number of likely N-dealkylation sites (tertiary alicyclic amines) is 2. The van der Waals surface area contributed by atoms with Crippen LogP contribution in [-0.4, -0.2) is 74.9 Å². The van der Waals surface area contributed by atoms with Gasteiger partial charge in [-0.05, 0) is 61.8 Å². The first kappa shape index (κ1) is 23.3. The second kappa shape index (κ2) is 11.9. The van der Waals surface area contributed by atoms with Crippen molar-refractivity contribution in [1.82, 2.24) is 0 Å². The molecule has 0 amide bonds. The number of ether oxygens (including phenoxy) is 2. The molecule has 0 saturated carbocycles. The second-order valence-corrected chi connectivity index (χ2v) is 9.67. The van der Waals surface area contributed by atoms with Crippen molar-refractivity contribution >= 4 is 0 Å². The molecule has 0 bridgehead atoms. The fourth-order valence-electron chi connectivity index (χ4n) is 4.55. The molecule has 3 rings (SSSR count). The Morgan fingerprint density at radius 3 is 1.40 bits per heavy atom. The number of aliphatic hydroxyl groups is 2. The summed E-state index contributed by atoms with van der Waals surface area (Å²) in [5.74, 6) is 3.10. The fourth-order valence-corrected chi connectivity index (χ4v) is 4.55. The zero-order valence-electron chi connectivity index (χ0n) is 18.8. The highest BCUT2D eigenvalue weighted by Gasteiger charge is 2.23. The van der Waals surface area contributed by atoms with Crippen molar-refractivity contribution < 1.29 is 29.5 Å². The van der Waals surface area contributed by atoms with Crippen LogP contribution in [0.25, 0.3) is 0 Å². The lowest BCUT2D eigenvalue weighted by molar-refractivity contribution is -0.909. The van der Waals surface area contributed by atoms with Crippen LogP contribution in [0.4, 0.5) is 0 Å². The van der Waals surface area contributed by atoms with Gasteiger partial charge in [-0.2, -0.15) is 0 Å². The quantitative estimate of drug-likeness (QED) is 0.422. The van der Waals surface area contributed by atoms with Crippen molar-refractivity contribution in [3.8, 4) is 11.5 Å². The van der Waals surface area contributed by atoms with Gasteiger partial charge in [-0.3, -0.25) is 0 Å². The minimum Gasteiger partial charge on any atom is -0.491 e. The van der Waals surface area contributed by atoms with Crippen LogP contribution in [0.15, 0.2) is 24.3 Å². The van der Waals surface area contributed by atoms with Gasteiger partial charge < -0.3 is 29.5 Å². The molecule has 2 saturated heterocycles. The zero-order valence-corrected chi connectivity index (χ0v) is 18.8. The molecule has 4 N–H and O–H groups in total. The number of nitrogens with one attached hydrogen (secondary N) is 2. The third-order valence-electron chi connectivity index (χ3n) is 6.72. The third kappa shape index (κ3) is 8.06. The summed E-state index contributed by atoms with van der Waals surface area (Å²) in [6.45, 7) is 11.3. The minimum absolute atomic E-state index is 0.315. The van der Waals surface area contributed by atoms with Gasteiger partial charge in [0.2, 0.25) is 0 Å². The molecule has 0 aliphatic carbocycles. The highest BCUT2D eigenvalue weighted by atomic mass is 16.5. The molecule has 2 fully saturated rings. The summed E-state index contributed by atoms with van der Waals surface area (Å²) in [4.78, 5) is 2.96. The van der Waals surface area contributed by atoms with Crippen LogP contribution in [0.1, 0.15) is 39.5 Å². The van der Waals surface area contributed by atoms with E-state index in [2.05, 4.69) is 13.8 Å². The Kier molecular flexibility index (Phi) is 9.25. The summed E-state index contributed by atoms with van der Waals surface area (Å²) in [7, 11) is 0. The van der Waals surface area contributed by atoms with E-state index in [1.54, 1.807) is 0 Å². The molecule has 0 unspecified atom stereocenters. The second-order valence-electron chi connectivity index (χ2n) is 9.67. The highest BCUT2D eigenvalue weighted by Crippen LogP contribution is 2.18. The van der Waals surface area contributed by atoms with E-state index in [0.29, 0.717) is 13.2 Å². The number of quaternary nitrogens is 2. The minimum atomic E-state index is -0.445. The molecule has 6 nitrogen and oxygen atoms in total. The maximum absolute atomic E-state index is 10.3. The molecule has 0 spiro atoms. The van der Waals surface area contributed by atoms with Crippen LogP contribution in [0.3, 0.4) is 0 Å². The summed E-state index contributed by atoms with van der Waals surface area (Å²) >= 11 is 0. The van der Waals surface area contributed by atoms with E-state index in [1.807, 2.05) is 24.3 Å². The fraction of sp³-hybridized carbons (Fsp3) is 0.750.